The average Bonchev–Trinajstić information content (AvgIpc) is 2.69. The first kappa shape index (κ1) is 19.9. The van der Waals surface area contributed by atoms with Crippen LogP contribution in [0.25, 0.3) is 0 Å². The van der Waals surface area contributed by atoms with Crippen molar-refractivity contribution in [3.05, 3.63) is 59.7 Å². The summed E-state index contributed by atoms with van der Waals surface area (Å²) in [6, 6.07) is 14.0. The Kier molecular flexibility index (Phi) is 5.74. The standard InChI is InChI=1S/C21H22N2O4S/c1-3-21(20(26)27,15-7-5-4-6-8-15)12-22-19(25)14-9-10-17-16(11-14)23-18(24)13(2)28-17/h4-11,13H,3,12H2,1-2H3,(H,22,25)(H,23,24)(H,26,27). The Bertz CT molecular complexity index is 916. The van der Waals surface area contributed by atoms with Crippen LogP contribution in [0.15, 0.2) is 53.4 Å². The van der Waals surface area contributed by atoms with Gasteiger partial charge in [-0.25, -0.2) is 0 Å². The molecule has 0 aromatic heterocycles. The highest BCUT2D eigenvalue weighted by Gasteiger charge is 2.39. The van der Waals surface area contributed by atoms with Gasteiger partial charge in [-0.1, -0.05) is 37.3 Å². The third kappa shape index (κ3) is 3.75. The number of anilines is 1. The van der Waals surface area contributed by atoms with Gasteiger partial charge in [0.1, 0.15) is 5.41 Å². The number of carbonyl (C=O) groups excluding carboxylic acids is 2. The Morgan fingerprint density at radius 1 is 1.21 bits per heavy atom. The van der Waals surface area contributed by atoms with Crippen LogP contribution in [0.1, 0.15) is 36.2 Å². The molecule has 0 aliphatic carbocycles. The molecule has 0 saturated carbocycles. The molecule has 2 atom stereocenters. The molecule has 28 heavy (non-hydrogen) atoms. The van der Waals surface area contributed by atoms with E-state index in [0.29, 0.717) is 23.2 Å². The van der Waals surface area contributed by atoms with E-state index in [1.165, 1.54) is 11.8 Å². The fraction of sp³-hybridized carbons (Fsp3) is 0.286. The average molecular weight is 398 g/mol. The van der Waals surface area contributed by atoms with Crippen LogP contribution in [0.5, 0.6) is 0 Å². The summed E-state index contributed by atoms with van der Waals surface area (Å²) in [4.78, 5) is 37.5. The molecule has 2 amide bonds. The summed E-state index contributed by atoms with van der Waals surface area (Å²) in [6.45, 7) is 3.58. The smallest absolute Gasteiger partial charge is 0.315 e. The molecule has 2 aromatic carbocycles. The van der Waals surface area contributed by atoms with Crippen LogP contribution in [0.2, 0.25) is 0 Å². The van der Waals surface area contributed by atoms with E-state index in [9.17, 15) is 19.5 Å². The van der Waals surface area contributed by atoms with Gasteiger partial charge in [-0.05, 0) is 37.1 Å². The molecule has 146 valence electrons. The number of rotatable bonds is 6. The van der Waals surface area contributed by atoms with Gasteiger partial charge < -0.3 is 15.7 Å². The highest BCUT2D eigenvalue weighted by atomic mass is 32.2. The van der Waals surface area contributed by atoms with Gasteiger partial charge in [0.2, 0.25) is 5.91 Å². The zero-order valence-electron chi connectivity index (χ0n) is 15.7. The van der Waals surface area contributed by atoms with Crippen molar-refractivity contribution in [1.82, 2.24) is 5.32 Å². The number of benzene rings is 2. The predicted octanol–water partition coefficient (Wildman–Crippen LogP) is 3.28. The molecule has 1 heterocycles. The first-order valence-corrected chi connectivity index (χ1v) is 9.94. The van der Waals surface area contributed by atoms with E-state index in [1.807, 2.05) is 13.0 Å². The fourth-order valence-corrected chi connectivity index (χ4v) is 4.15. The molecular weight excluding hydrogens is 376 g/mol. The van der Waals surface area contributed by atoms with E-state index in [4.69, 9.17) is 0 Å². The van der Waals surface area contributed by atoms with Crippen LogP contribution >= 0.6 is 11.8 Å². The third-order valence-corrected chi connectivity index (χ3v) is 6.24. The predicted molar refractivity (Wildman–Crippen MR) is 109 cm³/mol. The summed E-state index contributed by atoms with van der Waals surface area (Å²) < 4.78 is 0. The largest absolute Gasteiger partial charge is 0.481 e. The number of amides is 2. The van der Waals surface area contributed by atoms with E-state index < -0.39 is 11.4 Å². The minimum Gasteiger partial charge on any atom is -0.481 e. The Balaban J connectivity index is 1.80. The second kappa shape index (κ2) is 8.06. The molecule has 0 saturated heterocycles. The van der Waals surface area contributed by atoms with Gasteiger partial charge in [0.25, 0.3) is 5.91 Å². The molecule has 6 nitrogen and oxygen atoms in total. The number of thioether (sulfide) groups is 1. The maximum Gasteiger partial charge on any atom is 0.315 e. The van der Waals surface area contributed by atoms with Gasteiger partial charge in [-0.15, -0.1) is 11.8 Å². The summed E-state index contributed by atoms with van der Waals surface area (Å²) in [5.74, 6) is -1.46. The van der Waals surface area contributed by atoms with Gasteiger partial charge in [-0.3, -0.25) is 14.4 Å². The zero-order chi connectivity index (χ0) is 20.3. The Morgan fingerprint density at radius 3 is 2.57 bits per heavy atom. The van der Waals surface area contributed by atoms with Crippen LogP contribution in [0, 0.1) is 0 Å². The Morgan fingerprint density at radius 2 is 1.93 bits per heavy atom. The maximum atomic E-state index is 12.7. The van der Waals surface area contributed by atoms with E-state index in [1.54, 1.807) is 49.4 Å². The highest BCUT2D eigenvalue weighted by molar-refractivity contribution is 8.00. The molecule has 3 N–H and O–H groups in total. The monoisotopic (exact) mass is 398 g/mol. The van der Waals surface area contributed by atoms with Crippen LogP contribution in [0.3, 0.4) is 0 Å². The SMILES string of the molecule is CCC(CNC(=O)c1ccc2c(c1)NC(=O)C(C)S2)(C(=O)O)c1ccccc1. The molecule has 0 spiro atoms. The number of carboxylic acid groups (broad SMARTS) is 1. The van der Waals surface area contributed by atoms with Gasteiger partial charge in [0.15, 0.2) is 0 Å². The normalized spacial score (nSPS) is 17.8. The van der Waals surface area contributed by atoms with Crippen molar-refractivity contribution in [2.45, 2.75) is 35.8 Å². The van der Waals surface area contributed by atoms with Crippen molar-refractivity contribution >= 4 is 35.2 Å². The molecule has 2 unspecified atom stereocenters. The summed E-state index contributed by atoms with van der Waals surface area (Å²) >= 11 is 1.44. The highest BCUT2D eigenvalue weighted by Crippen LogP contribution is 2.36. The minimum atomic E-state index is -1.20. The molecule has 7 heteroatoms. The third-order valence-electron chi connectivity index (χ3n) is 5.06. The van der Waals surface area contributed by atoms with Crippen molar-refractivity contribution in [2.75, 3.05) is 11.9 Å². The summed E-state index contributed by atoms with van der Waals surface area (Å²) in [5.41, 5.74) is 0.416. The molecule has 2 aromatic rings. The lowest BCUT2D eigenvalue weighted by molar-refractivity contribution is -0.143. The van der Waals surface area contributed by atoms with E-state index in [2.05, 4.69) is 10.6 Å². The Labute approximate surface area is 167 Å². The van der Waals surface area contributed by atoms with Crippen molar-refractivity contribution < 1.29 is 19.5 Å². The van der Waals surface area contributed by atoms with Gasteiger partial charge in [0.05, 0.1) is 10.9 Å². The molecule has 1 aliphatic heterocycles. The first-order chi connectivity index (χ1) is 13.4. The lowest BCUT2D eigenvalue weighted by atomic mass is 9.78. The number of carbonyl (C=O) groups is 3. The fourth-order valence-electron chi connectivity index (χ4n) is 3.22. The first-order valence-electron chi connectivity index (χ1n) is 9.06. The molecular formula is C21H22N2O4S. The number of aliphatic carboxylic acids is 1. The summed E-state index contributed by atoms with van der Waals surface area (Å²) in [7, 11) is 0. The lowest BCUT2D eigenvalue weighted by Crippen LogP contribution is -2.46. The molecule has 0 fully saturated rings. The molecule has 0 bridgehead atoms. The van der Waals surface area contributed by atoms with Crippen LogP contribution in [-0.2, 0) is 15.0 Å². The van der Waals surface area contributed by atoms with Gasteiger partial charge >= 0.3 is 5.97 Å². The molecule has 3 rings (SSSR count). The number of fused-ring (bicyclic) bond motifs is 1. The van der Waals surface area contributed by atoms with Gasteiger partial charge in [0, 0.05) is 17.0 Å². The van der Waals surface area contributed by atoms with Crippen molar-refractivity contribution in [3.8, 4) is 0 Å². The number of carboxylic acids is 1. The zero-order valence-corrected chi connectivity index (χ0v) is 16.5. The second-order valence-corrected chi connectivity index (χ2v) is 8.13. The summed E-state index contributed by atoms with van der Waals surface area (Å²) in [5, 5.41) is 15.2. The van der Waals surface area contributed by atoms with Crippen LogP contribution in [-0.4, -0.2) is 34.7 Å². The van der Waals surface area contributed by atoms with Crippen LogP contribution < -0.4 is 10.6 Å². The number of nitrogens with one attached hydrogen (secondary N) is 2. The molecule has 1 aliphatic rings. The number of hydrogen-bond acceptors (Lipinski definition) is 4. The van der Waals surface area contributed by atoms with Crippen molar-refractivity contribution in [2.24, 2.45) is 0 Å². The maximum absolute atomic E-state index is 12.7. The van der Waals surface area contributed by atoms with Crippen LogP contribution in [0.4, 0.5) is 5.69 Å². The van der Waals surface area contributed by atoms with Gasteiger partial charge in [-0.2, -0.15) is 0 Å². The summed E-state index contributed by atoms with van der Waals surface area (Å²) in [6.07, 6.45) is 0.335. The van der Waals surface area contributed by atoms with Crippen molar-refractivity contribution in [1.29, 1.82) is 0 Å². The van der Waals surface area contributed by atoms with Crippen molar-refractivity contribution in [3.63, 3.8) is 0 Å². The molecule has 0 radical (unpaired) electrons. The topological polar surface area (TPSA) is 95.5 Å². The van der Waals surface area contributed by atoms with E-state index >= 15 is 0 Å². The quantitative estimate of drug-likeness (QED) is 0.694. The lowest BCUT2D eigenvalue weighted by Gasteiger charge is -2.29. The van der Waals surface area contributed by atoms with E-state index in [0.717, 1.165) is 4.90 Å². The Hall–Kier alpha value is -2.80. The van der Waals surface area contributed by atoms with E-state index in [-0.39, 0.29) is 23.6 Å². The number of hydrogen-bond donors (Lipinski definition) is 3. The minimum absolute atomic E-state index is 0.0308. The second-order valence-electron chi connectivity index (χ2n) is 6.75.